The van der Waals surface area contributed by atoms with Crippen molar-refractivity contribution in [3.8, 4) is 18.2 Å². The van der Waals surface area contributed by atoms with Gasteiger partial charge in [-0.1, -0.05) is 37.3 Å². The molecule has 1 saturated carbocycles. The van der Waals surface area contributed by atoms with Crippen LogP contribution in [0.5, 0.6) is 0 Å². The second-order valence-electron chi connectivity index (χ2n) is 5.12. The van der Waals surface area contributed by atoms with E-state index in [9.17, 15) is 20.6 Å². The second-order valence-corrected chi connectivity index (χ2v) is 5.12. The third-order valence-corrected chi connectivity index (χ3v) is 4.14. The molecule has 0 aromatic heterocycles. The molecule has 98 valence electrons. The first-order valence-electron chi connectivity index (χ1n) is 6.40. The summed E-state index contributed by atoms with van der Waals surface area (Å²) in [5, 5.41) is 28.3. The highest BCUT2D eigenvalue weighted by molar-refractivity contribution is 5.84. The lowest BCUT2D eigenvalue weighted by Gasteiger charge is -2.40. The van der Waals surface area contributed by atoms with Gasteiger partial charge in [0, 0.05) is 18.3 Å². The molecule has 0 heterocycles. The lowest BCUT2D eigenvalue weighted by molar-refractivity contribution is -0.127. The minimum absolute atomic E-state index is 0.0257. The molecule has 3 unspecified atom stereocenters. The van der Waals surface area contributed by atoms with Crippen LogP contribution in [0.2, 0.25) is 0 Å². The molecule has 20 heavy (non-hydrogen) atoms. The first kappa shape index (κ1) is 13.8. The zero-order chi connectivity index (χ0) is 14.8. The Morgan fingerprint density at radius 2 is 1.75 bits per heavy atom. The Hall–Kier alpha value is -2.64. The molecule has 0 radical (unpaired) electrons. The van der Waals surface area contributed by atoms with Crippen LogP contribution in [0.25, 0.3) is 0 Å². The van der Waals surface area contributed by atoms with Gasteiger partial charge in [-0.2, -0.15) is 15.8 Å². The van der Waals surface area contributed by atoms with Gasteiger partial charge in [0.1, 0.15) is 5.78 Å². The average Bonchev–Trinajstić information content (AvgIpc) is 2.50. The van der Waals surface area contributed by atoms with Gasteiger partial charge < -0.3 is 0 Å². The van der Waals surface area contributed by atoms with Crippen LogP contribution in [0.3, 0.4) is 0 Å². The Morgan fingerprint density at radius 1 is 1.15 bits per heavy atom. The maximum atomic E-state index is 12.1. The number of carbonyl (C=O) groups excluding carboxylic acids is 1. The average molecular weight is 263 g/mol. The first-order chi connectivity index (χ1) is 9.60. The fourth-order valence-electron chi connectivity index (χ4n) is 3.02. The Balaban J connectivity index is 2.65. The van der Waals surface area contributed by atoms with E-state index < -0.39 is 23.2 Å². The summed E-state index contributed by atoms with van der Waals surface area (Å²) in [6.07, 6.45) is -0.0257. The van der Waals surface area contributed by atoms with Gasteiger partial charge in [0.15, 0.2) is 5.41 Å². The fraction of sp³-hybridized carbons (Fsp3) is 0.375. The Morgan fingerprint density at radius 3 is 2.25 bits per heavy atom. The molecular weight excluding hydrogens is 250 g/mol. The van der Waals surface area contributed by atoms with Crippen LogP contribution in [-0.2, 0) is 4.79 Å². The molecule has 0 N–H and O–H groups in total. The number of nitriles is 3. The number of carbonyl (C=O) groups is 1. The number of ketones is 1. The number of hydrogen-bond donors (Lipinski definition) is 0. The van der Waals surface area contributed by atoms with E-state index in [-0.39, 0.29) is 12.2 Å². The molecule has 2 rings (SSSR count). The van der Waals surface area contributed by atoms with Crippen LogP contribution in [-0.4, -0.2) is 5.78 Å². The number of hydrogen-bond acceptors (Lipinski definition) is 4. The van der Waals surface area contributed by atoms with E-state index in [1.807, 2.05) is 36.4 Å². The van der Waals surface area contributed by atoms with E-state index in [1.165, 1.54) is 0 Å². The van der Waals surface area contributed by atoms with Crippen molar-refractivity contribution in [2.24, 2.45) is 17.3 Å². The summed E-state index contributed by atoms with van der Waals surface area (Å²) in [6.45, 7) is 1.73. The second kappa shape index (κ2) is 5.16. The Bertz CT molecular complexity index is 631. The van der Waals surface area contributed by atoms with E-state index in [2.05, 4.69) is 0 Å². The Labute approximate surface area is 117 Å². The van der Waals surface area contributed by atoms with Gasteiger partial charge in [-0.05, 0) is 5.56 Å². The number of nitrogens with zero attached hydrogens (tertiary/aromatic N) is 3. The quantitative estimate of drug-likeness (QED) is 0.778. The van der Waals surface area contributed by atoms with Crippen LogP contribution in [0.1, 0.15) is 24.8 Å². The molecule has 4 nitrogen and oxygen atoms in total. The van der Waals surface area contributed by atoms with Crippen LogP contribution in [0, 0.1) is 51.2 Å². The summed E-state index contributed by atoms with van der Waals surface area (Å²) in [4.78, 5) is 12.1. The molecule has 1 fully saturated rings. The Kier molecular flexibility index (Phi) is 3.55. The molecule has 4 heteroatoms. The topological polar surface area (TPSA) is 88.4 Å². The summed E-state index contributed by atoms with van der Waals surface area (Å²) >= 11 is 0. The van der Waals surface area contributed by atoms with Crippen LogP contribution in [0.15, 0.2) is 30.3 Å². The number of Topliss-reactive ketones (excluding diaryl/α,β-unsaturated/α-hetero) is 1. The van der Waals surface area contributed by atoms with Gasteiger partial charge in [0.05, 0.1) is 24.1 Å². The lowest BCUT2D eigenvalue weighted by Crippen LogP contribution is -2.45. The smallest absolute Gasteiger partial charge is 0.167 e. The highest BCUT2D eigenvalue weighted by Gasteiger charge is 2.55. The van der Waals surface area contributed by atoms with Crippen molar-refractivity contribution in [3.63, 3.8) is 0 Å². The van der Waals surface area contributed by atoms with Crippen LogP contribution in [0.4, 0.5) is 0 Å². The monoisotopic (exact) mass is 263 g/mol. The summed E-state index contributed by atoms with van der Waals surface area (Å²) in [6, 6.07) is 15.1. The van der Waals surface area contributed by atoms with Crippen molar-refractivity contribution < 1.29 is 4.79 Å². The van der Waals surface area contributed by atoms with Gasteiger partial charge in [-0.15, -0.1) is 0 Å². The molecule has 0 amide bonds. The molecule has 0 saturated heterocycles. The van der Waals surface area contributed by atoms with E-state index in [1.54, 1.807) is 19.1 Å². The van der Waals surface area contributed by atoms with Gasteiger partial charge in [0.25, 0.3) is 0 Å². The molecule has 0 aliphatic heterocycles. The van der Waals surface area contributed by atoms with Gasteiger partial charge in [-0.3, -0.25) is 4.79 Å². The predicted octanol–water partition coefficient (Wildman–Crippen LogP) is 2.55. The number of rotatable bonds is 1. The molecule has 1 aromatic carbocycles. The molecule has 0 spiro atoms. The van der Waals surface area contributed by atoms with Crippen molar-refractivity contribution in [1.29, 1.82) is 15.8 Å². The molecule has 1 aliphatic rings. The summed E-state index contributed by atoms with van der Waals surface area (Å²) in [5.74, 6) is -1.95. The van der Waals surface area contributed by atoms with E-state index >= 15 is 0 Å². The summed E-state index contributed by atoms with van der Waals surface area (Å²) in [5.41, 5.74) is -0.708. The van der Waals surface area contributed by atoms with Crippen LogP contribution >= 0.6 is 0 Å². The number of benzene rings is 1. The van der Waals surface area contributed by atoms with Gasteiger partial charge in [-0.25, -0.2) is 0 Å². The molecular formula is C16H13N3O. The van der Waals surface area contributed by atoms with Crippen molar-refractivity contribution in [1.82, 2.24) is 0 Å². The maximum Gasteiger partial charge on any atom is 0.167 e. The minimum Gasteiger partial charge on any atom is -0.299 e. The van der Waals surface area contributed by atoms with Crippen LogP contribution < -0.4 is 0 Å². The third-order valence-electron chi connectivity index (χ3n) is 4.14. The van der Waals surface area contributed by atoms with Gasteiger partial charge >= 0.3 is 0 Å². The molecule has 0 bridgehead atoms. The fourth-order valence-corrected chi connectivity index (χ4v) is 3.02. The first-order valence-corrected chi connectivity index (χ1v) is 6.40. The van der Waals surface area contributed by atoms with Gasteiger partial charge in [0.2, 0.25) is 0 Å². The molecule has 1 aliphatic carbocycles. The largest absolute Gasteiger partial charge is 0.299 e. The third kappa shape index (κ3) is 1.85. The highest BCUT2D eigenvalue weighted by Crippen LogP contribution is 2.51. The van der Waals surface area contributed by atoms with E-state index in [0.717, 1.165) is 5.56 Å². The normalized spacial score (nSPS) is 27.9. The standard InChI is InChI=1S/C16H13N3O/c1-11-14(20)7-13(8-17)16(9-18,10-19)15(11)12-5-3-2-4-6-12/h2-6,11,13,15H,7H2,1H3. The highest BCUT2D eigenvalue weighted by atomic mass is 16.1. The van der Waals surface area contributed by atoms with Crippen molar-refractivity contribution >= 4 is 5.78 Å². The van der Waals surface area contributed by atoms with E-state index in [0.29, 0.717) is 0 Å². The molecule has 1 aromatic rings. The van der Waals surface area contributed by atoms with Crippen molar-refractivity contribution in [2.45, 2.75) is 19.3 Å². The lowest BCUT2D eigenvalue weighted by atomic mass is 9.56. The zero-order valence-electron chi connectivity index (χ0n) is 11.1. The molecule has 3 atom stereocenters. The summed E-state index contributed by atoms with van der Waals surface area (Å²) < 4.78 is 0. The minimum atomic E-state index is -1.47. The SMILES string of the molecule is CC1C(=O)CC(C#N)C(C#N)(C#N)C1c1ccccc1. The van der Waals surface area contributed by atoms with Crippen molar-refractivity contribution in [3.05, 3.63) is 35.9 Å². The predicted molar refractivity (Wildman–Crippen MR) is 70.7 cm³/mol. The van der Waals surface area contributed by atoms with Crippen molar-refractivity contribution in [2.75, 3.05) is 0 Å². The zero-order valence-corrected chi connectivity index (χ0v) is 11.1. The maximum absolute atomic E-state index is 12.1. The summed E-state index contributed by atoms with van der Waals surface area (Å²) in [7, 11) is 0. The van der Waals surface area contributed by atoms with E-state index in [4.69, 9.17) is 0 Å².